The highest BCUT2D eigenvalue weighted by Crippen LogP contribution is 2.34. The summed E-state index contributed by atoms with van der Waals surface area (Å²) < 4.78 is 7.06. The lowest BCUT2D eigenvalue weighted by Gasteiger charge is -2.34. The molecule has 9 nitrogen and oxygen atoms in total. The molecule has 1 fully saturated rings. The summed E-state index contributed by atoms with van der Waals surface area (Å²) in [6.45, 7) is 4.89. The summed E-state index contributed by atoms with van der Waals surface area (Å²) in [7, 11) is 6.06. The average Bonchev–Trinajstić information content (AvgIpc) is 3.39. The maximum absolute atomic E-state index is 12.3. The Morgan fingerprint density at radius 1 is 1.05 bits per heavy atom. The Hall–Kier alpha value is -3.99. The lowest BCUT2D eigenvalue weighted by molar-refractivity contribution is -0.111. The van der Waals surface area contributed by atoms with E-state index in [1.54, 1.807) is 6.07 Å². The zero-order chi connectivity index (χ0) is 27.2. The van der Waals surface area contributed by atoms with Crippen LogP contribution in [-0.4, -0.2) is 79.5 Å². The first-order chi connectivity index (χ1) is 18.9. The Balaban J connectivity index is 1.29. The highest BCUT2D eigenvalue weighted by Gasteiger charge is 2.15. The molecule has 0 radical (unpaired) electrons. The Labute approximate surface area is 232 Å². The number of likely N-dealkylation sites (N-methyl/N-ethyl adjacent to an activating group) is 2. The molecule has 2 aromatic heterocycles. The molecule has 0 unspecified atom stereocenters. The van der Waals surface area contributed by atoms with E-state index >= 15 is 0 Å². The molecule has 0 atom stereocenters. The van der Waals surface area contributed by atoms with Gasteiger partial charge in [-0.2, -0.15) is 4.98 Å². The summed E-state index contributed by atoms with van der Waals surface area (Å²) >= 11 is 1.52. The highest BCUT2D eigenvalue weighted by atomic mass is 32.1. The van der Waals surface area contributed by atoms with E-state index in [1.165, 1.54) is 23.1 Å². The Bertz CT molecular complexity index is 1440. The van der Waals surface area contributed by atoms with E-state index in [9.17, 15) is 4.79 Å². The largest absolute Gasteiger partial charge is 0.437 e. The maximum atomic E-state index is 12.3. The van der Waals surface area contributed by atoms with Gasteiger partial charge in [-0.1, -0.05) is 12.1 Å². The van der Waals surface area contributed by atoms with Gasteiger partial charge in [0.15, 0.2) is 0 Å². The second-order valence-corrected chi connectivity index (χ2v) is 10.6. The first kappa shape index (κ1) is 26.6. The number of hydrogen-bond donors (Lipinski definition) is 2. The minimum Gasteiger partial charge on any atom is -0.437 e. The molecule has 5 rings (SSSR count). The molecule has 4 aromatic rings. The topological polar surface area (TPSA) is 85.9 Å². The molecule has 1 amide bonds. The van der Waals surface area contributed by atoms with E-state index in [-0.39, 0.29) is 5.91 Å². The van der Waals surface area contributed by atoms with Crippen LogP contribution in [0.4, 0.5) is 23.0 Å². The van der Waals surface area contributed by atoms with Crippen molar-refractivity contribution in [1.82, 2.24) is 19.8 Å². The first-order valence-corrected chi connectivity index (χ1v) is 13.8. The van der Waals surface area contributed by atoms with Crippen molar-refractivity contribution in [2.75, 3.05) is 69.4 Å². The third kappa shape index (κ3) is 7.11. The molecule has 0 saturated carbocycles. The maximum Gasteiger partial charge on any atom is 0.248 e. The quantitative estimate of drug-likeness (QED) is 0.284. The van der Waals surface area contributed by atoms with Gasteiger partial charge < -0.3 is 30.1 Å². The second-order valence-electron chi connectivity index (χ2n) is 9.73. The molecule has 10 heteroatoms. The number of carbonyl (C=O) groups excluding carboxylic acids is 1. The number of ether oxygens (including phenoxy) is 1. The normalized spacial score (nSPS) is 14.3. The SMILES string of the molecule is CN(C)CC=CC(=O)Nc1cccc(Oc2nc(Nc3ccc(N4CCN(C)CC4)cc3)nc3ccsc23)c1. The van der Waals surface area contributed by atoms with Gasteiger partial charge in [-0.3, -0.25) is 4.79 Å². The number of thiophene rings is 1. The standard InChI is InChI=1S/C29H33N7O2S/c1-34(2)14-5-8-26(37)30-22-6-4-7-24(20-22)38-28-27-25(13-19-39-27)32-29(33-28)31-21-9-11-23(12-10-21)36-17-15-35(3)16-18-36/h4-13,19-20H,14-18H2,1-3H3,(H,30,37)(H,31,32,33). The fraction of sp³-hybridized carbons (Fsp3) is 0.276. The molecule has 1 aliphatic heterocycles. The predicted octanol–water partition coefficient (Wildman–Crippen LogP) is 5.04. The monoisotopic (exact) mass is 543 g/mol. The number of rotatable bonds is 9. The van der Waals surface area contributed by atoms with E-state index < -0.39 is 0 Å². The molecule has 202 valence electrons. The minimum atomic E-state index is -0.193. The van der Waals surface area contributed by atoms with E-state index in [0.717, 1.165) is 42.1 Å². The van der Waals surface area contributed by atoms with Crippen molar-refractivity contribution in [3.63, 3.8) is 0 Å². The van der Waals surface area contributed by atoms with Crippen molar-refractivity contribution >= 4 is 50.5 Å². The highest BCUT2D eigenvalue weighted by molar-refractivity contribution is 7.17. The van der Waals surface area contributed by atoms with Crippen LogP contribution in [0, 0.1) is 0 Å². The van der Waals surface area contributed by atoms with Crippen LogP contribution < -0.4 is 20.3 Å². The van der Waals surface area contributed by atoms with E-state index in [4.69, 9.17) is 4.74 Å². The van der Waals surface area contributed by atoms with Crippen molar-refractivity contribution in [3.8, 4) is 11.6 Å². The van der Waals surface area contributed by atoms with Gasteiger partial charge in [-0.05, 0) is 69.0 Å². The van der Waals surface area contributed by atoms with Gasteiger partial charge in [0.2, 0.25) is 17.7 Å². The summed E-state index contributed by atoms with van der Waals surface area (Å²) in [4.78, 5) is 28.3. The molecular formula is C29H33N7O2S. The second kappa shape index (κ2) is 12.2. The van der Waals surface area contributed by atoms with Crippen molar-refractivity contribution in [2.24, 2.45) is 0 Å². The van der Waals surface area contributed by atoms with Crippen LogP contribution in [-0.2, 0) is 4.79 Å². The first-order valence-electron chi connectivity index (χ1n) is 12.9. The smallest absolute Gasteiger partial charge is 0.248 e. The van der Waals surface area contributed by atoms with Crippen molar-refractivity contribution < 1.29 is 9.53 Å². The van der Waals surface area contributed by atoms with Gasteiger partial charge in [-0.15, -0.1) is 11.3 Å². The number of fused-ring (bicyclic) bond motifs is 1. The zero-order valence-electron chi connectivity index (χ0n) is 22.4. The summed E-state index contributed by atoms with van der Waals surface area (Å²) in [6, 6.07) is 17.6. The van der Waals surface area contributed by atoms with Gasteiger partial charge in [0.25, 0.3) is 0 Å². The summed E-state index contributed by atoms with van der Waals surface area (Å²) in [6.07, 6.45) is 3.35. The molecule has 39 heavy (non-hydrogen) atoms. The zero-order valence-corrected chi connectivity index (χ0v) is 23.2. The van der Waals surface area contributed by atoms with Crippen molar-refractivity contribution in [3.05, 3.63) is 72.1 Å². The number of benzene rings is 2. The molecule has 3 heterocycles. The van der Waals surface area contributed by atoms with Gasteiger partial charge in [-0.25, -0.2) is 4.98 Å². The average molecular weight is 544 g/mol. The van der Waals surface area contributed by atoms with Crippen LogP contribution >= 0.6 is 11.3 Å². The molecule has 1 aliphatic rings. The molecule has 0 aliphatic carbocycles. The van der Waals surface area contributed by atoms with Crippen LogP contribution in [0.2, 0.25) is 0 Å². The number of aromatic nitrogens is 2. The Morgan fingerprint density at radius 2 is 1.85 bits per heavy atom. The lowest BCUT2D eigenvalue weighted by Crippen LogP contribution is -2.44. The summed E-state index contributed by atoms with van der Waals surface area (Å²) in [5.41, 5.74) is 3.56. The van der Waals surface area contributed by atoms with Crippen LogP contribution in [0.5, 0.6) is 11.6 Å². The number of piperazine rings is 1. The molecule has 2 aromatic carbocycles. The molecule has 0 spiro atoms. The summed E-state index contributed by atoms with van der Waals surface area (Å²) in [5, 5.41) is 8.17. The lowest BCUT2D eigenvalue weighted by atomic mass is 10.2. The number of anilines is 4. The van der Waals surface area contributed by atoms with Crippen LogP contribution in [0.15, 0.2) is 72.1 Å². The van der Waals surface area contributed by atoms with Crippen molar-refractivity contribution in [1.29, 1.82) is 0 Å². The van der Waals surface area contributed by atoms with Gasteiger partial charge in [0.1, 0.15) is 10.4 Å². The molecule has 1 saturated heterocycles. The van der Waals surface area contributed by atoms with Gasteiger partial charge in [0.05, 0.1) is 5.52 Å². The number of nitrogens with zero attached hydrogens (tertiary/aromatic N) is 5. The van der Waals surface area contributed by atoms with Crippen LogP contribution in [0.25, 0.3) is 10.2 Å². The number of carbonyl (C=O) groups is 1. The predicted molar refractivity (Wildman–Crippen MR) is 160 cm³/mol. The van der Waals surface area contributed by atoms with Crippen molar-refractivity contribution in [2.45, 2.75) is 0 Å². The Morgan fingerprint density at radius 3 is 2.62 bits per heavy atom. The van der Waals surface area contributed by atoms with Gasteiger partial charge >= 0.3 is 0 Å². The summed E-state index contributed by atoms with van der Waals surface area (Å²) in [5.74, 6) is 1.29. The van der Waals surface area contributed by atoms with Crippen LogP contribution in [0.1, 0.15) is 0 Å². The Kier molecular flexibility index (Phi) is 8.36. The van der Waals surface area contributed by atoms with E-state index in [2.05, 4.69) is 61.7 Å². The fourth-order valence-electron chi connectivity index (χ4n) is 4.21. The van der Waals surface area contributed by atoms with E-state index in [1.807, 2.05) is 54.7 Å². The third-order valence-corrected chi connectivity index (χ3v) is 7.21. The minimum absolute atomic E-state index is 0.193. The number of hydrogen-bond acceptors (Lipinski definition) is 9. The third-order valence-electron chi connectivity index (χ3n) is 6.32. The van der Waals surface area contributed by atoms with Gasteiger partial charge in [0, 0.05) is 61.9 Å². The number of nitrogens with one attached hydrogen (secondary N) is 2. The molecular weight excluding hydrogens is 510 g/mol. The van der Waals surface area contributed by atoms with E-state index in [0.29, 0.717) is 29.8 Å². The van der Waals surface area contributed by atoms with Crippen LogP contribution in [0.3, 0.4) is 0 Å². The number of amides is 1. The molecule has 0 bridgehead atoms. The molecule has 2 N–H and O–H groups in total. The fourth-order valence-corrected chi connectivity index (χ4v) is 4.97.